The van der Waals surface area contributed by atoms with Crippen LogP contribution in [0.2, 0.25) is 0 Å². The maximum Gasteiger partial charge on any atom is 0.239 e. The van der Waals surface area contributed by atoms with E-state index in [1.165, 1.54) is 0 Å². The molecule has 0 radical (unpaired) electrons. The Morgan fingerprint density at radius 3 is 2.83 bits per heavy atom. The van der Waals surface area contributed by atoms with Crippen molar-refractivity contribution in [1.29, 1.82) is 0 Å². The second-order valence-electron chi connectivity index (χ2n) is 4.51. The predicted molar refractivity (Wildman–Crippen MR) is 67.6 cm³/mol. The van der Waals surface area contributed by atoms with Gasteiger partial charge in [-0.25, -0.2) is 0 Å². The fourth-order valence-electron chi connectivity index (χ4n) is 1.90. The normalized spacial score (nSPS) is 19.2. The minimum absolute atomic E-state index is 0.0996. The van der Waals surface area contributed by atoms with E-state index >= 15 is 0 Å². The van der Waals surface area contributed by atoms with Crippen LogP contribution >= 0.6 is 0 Å². The summed E-state index contributed by atoms with van der Waals surface area (Å²) in [6.45, 7) is 2.58. The van der Waals surface area contributed by atoms with Gasteiger partial charge in [0.2, 0.25) is 5.91 Å². The zero-order chi connectivity index (χ0) is 13.1. The number of ether oxygens (including phenoxy) is 2. The Kier molecular flexibility index (Phi) is 3.72. The van der Waals surface area contributed by atoms with Crippen LogP contribution < -0.4 is 15.2 Å². The van der Waals surface area contributed by atoms with Crippen LogP contribution in [0.3, 0.4) is 0 Å². The molecule has 0 bridgehead atoms. The van der Waals surface area contributed by atoms with E-state index in [0.717, 1.165) is 11.5 Å². The first-order valence-electron chi connectivity index (χ1n) is 5.97. The number of para-hydroxylation sites is 2. The topological polar surface area (TPSA) is 64.8 Å². The largest absolute Gasteiger partial charge is 0.486 e. The molecule has 98 valence electrons. The average Bonchev–Trinajstić information content (AvgIpc) is 2.37. The Morgan fingerprint density at radius 2 is 2.17 bits per heavy atom. The number of carbonyl (C=O) groups excluding carboxylic acids is 1. The molecule has 2 rings (SSSR count). The van der Waals surface area contributed by atoms with Gasteiger partial charge in [0.1, 0.15) is 6.61 Å². The van der Waals surface area contributed by atoms with E-state index < -0.39 is 6.04 Å². The maximum absolute atomic E-state index is 11.7. The molecular formula is C13H18N2O3. The lowest BCUT2D eigenvalue weighted by molar-refractivity contribution is -0.132. The minimum atomic E-state index is -0.494. The maximum atomic E-state index is 11.7. The van der Waals surface area contributed by atoms with Gasteiger partial charge in [-0.3, -0.25) is 4.79 Å². The van der Waals surface area contributed by atoms with Gasteiger partial charge in [-0.2, -0.15) is 0 Å². The van der Waals surface area contributed by atoms with E-state index in [9.17, 15) is 4.79 Å². The number of nitrogens with zero attached hydrogens (tertiary/aromatic N) is 1. The highest BCUT2D eigenvalue weighted by molar-refractivity contribution is 5.80. The lowest BCUT2D eigenvalue weighted by Gasteiger charge is -2.30. The van der Waals surface area contributed by atoms with E-state index in [4.69, 9.17) is 15.2 Å². The highest BCUT2D eigenvalue weighted by Crippen LogP contribution is 2.30. The number of hydrogen-bond acceptors (Lipinski definition) is 4. The number of likely N-dealkylation sites (N-methyl/N-ethyl adjacent to an activating group) is 1. The molecule has 0 aliphatic carbocycles. The van der Waals surface area contributed by atoms with Gasteiger partial charge in [-0.15, -0.1) is 0 Å². The second kappa shape index (κ2) is 5.27. The van der Waals surface area contributed by atoms with Crippen LogP contribution in [0.25, 0.3) is 0 Å². The molecule has 1 unspecified atom stereocenters. The molecule has 1 aliphatic rings. The molecule has 1 aliphatic heterocycles. The van der Waals surface area contributed by atoms with Gasteiger partial charge < -0.3 is 20.1 Å². The van der Waals surface area contributed by atoms with E-state index in [1.54, 1.807) is 18.9 Å². The SMILES string of the molecule is C[C@H](N)C(=O)N(C)CC1COc2ccccc2O1. The van der Waals surface area contributed by atoms with Crippen LogP contribution in [0, 0.1) is 0 Å². The van der Waals surface area contributed by atoms with E-state index in [1.807, 2.05) is 24.3 Å². The minimum Gasteiger partial charge on any atom is -0.486 e. The second-order valence-corrected chi connectivity index (χ2v) is 4.51. The molecule has 0 saturated heterocycles. The van der Waals surface area contributed by atoms with Gasteiger partial charge in [0, 0.05) is 7.05 Å². The standard InChI is InChI=1S/C13H18N2O3/c1-9(14)13(16)15(2)7-10-8-17-11-5-3-4-6-12(11)18-10/h3-6,9-10H,7-8,14H2,1-2H3/t9-,10?/m0/s1. The van der Waals surface area contributed by atoms with Crippen LogP contribution in [-0.2, 0) is 4.79 Å². The van der Waals surface area contributed by atoms with Crippen LogP contribution in [-0.4, -0.2) is 43.2 Å². The monoisotopic (exact) mass is 250 g/mol. The van der Waals surface area contributed by atoms with Crippen molar-refractivity contribution in [3.05, 3.63) is 24.3 Å². The van der Waals surface area contributed by atoms with Crippen LogP contribution in [0.1, 0.15) is 6.92 Å². The Hall–Kier alpha value is -1.75. The lowest BCUT2D eigenvalue weighted by atomic mass is 10.2. The molecule has 5 nitrogen and oxygen atoms in total. The number of fused-ring (bicyclic) bond motifs is 1. The number of benzene rings is 1. The van der Waals surface area contributed by atoms with Crippen LogP contribution in [0.4, 0.5) is 0 Å². The Bertz CT molecular complexity index is 434. The number of rotatable bonds is 3. The quantitative estimate of drug-likeness (QED) is 0.854. The number of amides is 1. The summed E-state index contributed by atoms with van der Waals surface area (Å²) in [4.78, 5) is 13.2. The third-order valence-electron chi connectivity index (χ3n) is 2.81. The molecular weight excluding hydrogens is 232 g/mol. The molecule has 0 spiro atoms. The molecule has 5 heteroatoms. The molecule has 0 saturated carbocycles. The Labute approximate surface area is 106 Å². The summed E-state index contributed by atoms with van der Waals surface area (Å²) in [6.07, 6.45) is -0.160. The first-order chi connectivity index (χ1) is 8.58. The summed E-state index contributed by atoms with van der Waals surface area (Å²) in [6, 6.07) is 7.01. The van der Waals surface area contributed by atoms with Gasteiger partial charge in [0.05, 0.1) is 12.6 Å². The highest BCUT2D eigenvalue weighted by atomic mass is 16.6. The summed E-state index contributed by atoms with van der Waals surface area (Å²) in [5, 5.41) is 0. The summed E-state index contributed by atoms with van der Waals surface area (Å²) in [7, 11) is 1.72. The zero-order valence-electron chi connectivity index (χ0n) is 10.6. The van der Waals surface area contributed by atoms with Crippen LogP contribution in [0.5, 0.6) is 11.5 Å². The number of nitrogens with two attached hydrogens (primary N) is 1. The van der Waals surface area contributed by atoms with Gasteiger partial charge in [0.15, 0.2) is 17.6 Å². The lowest BCUT2D eigenvalue weighted by Crippen LogP contribution is -2.46. The Morgan fingerprint density at radius 1 is 1.50 bits per heavy atom. The van der Waals surface area contributed by atoms with Crippen molar-refractivity contribution >= 4 is 5.91 Å². The highest BCUT2D eigenvalue weighted by Gasteiger charge is 2.24. The first kappa shape index (κ1) is 12.7. The summed E-state index contributed by atoms with van der Waals surface area (Å²) in [5.74, 6) is 1.36. The smallest absolute Gasteiger partial charge is 0.239 e. The molecule has 1 amide bonds. The third kappa shape index (κ3) is 2.73. The summed E-state index contributed by atoms with van der Waals surface area (Å²) >= 11 is 0. The van der Waals surface area contributed by atoms with Crippen LogP contribution in [0.15, 0.2) is 24.3 Å². The predicted octanol–water partition coefficient (Wildman–Crippen LogP) is 0.632. The van der Waals surface area contributed by atoms with E-state index in [2.05, 4.69) is 0 Å². The fraction of sp³-hybridized carbons (Fsp3) is 0.462. The van der Waals surface area contributed by atoms with Crippen molar-refractivity contribution in [3.63, 3.8) is 0 Å². The van der Waals surface area contributed by atoms with Gasteiger partial charge >= 0.3 is 0 Å². The summed E-state index contributed by atoms with van der Waals surface area (Å²) in [5.41, 5.74) is 5.56. The average molecular weight is 250 g/mol. The van der Waals surface area contributed by atoms with Gasteiger partial charge in [-0.1, -0.05) is 12.1 Å². The van der Waals surface area contributed by atoms with Gasteiger partial charge in [-0.05, 0) is 19.1 Å². The Balaban J connectivity index is 1.96. The van der Waals surface area contributed by atoms with Crippen molar-refractivity contribution in [2.75, 3.05) is 20.2 Å². The molecule has 1 aromatic rings. The molecule has 2 atom stereocenters. The molecule has 1 aromatic carbocycles. The third-order valence-corrected chi connectivity index (χ3v) is 2.81. The van der Waals surface area contributed by atoms with Crippen molar-refractivity contribution in [1.82, 2.24) is 4.90 Å². The van der Waals surface area contributed by atoms with Crippen molar-refractivity contribution in [2.24, 2.45) is 5.73 Å². The molecule has 2 N–H and O–H groups in total. The van der Waals surface area contributed by atoms with Crippen molar-refractivity contribution in [3.8, 4) is 11.5 Å². The number of hydrogen-bond donors (Lipinski definition) is 1. The zero-order valence-corrected chi connectivity index (χ0v) is 10.6. The van der Waals surface area contributed by atoms with E-state index in [-0.39, 0.29) is 12.0 Å². The molecule has 0 fully saturated rings. The van der Waals surface area contributed by atoms with E-state index in [0.29, 0.717) is 13.2 Å². The molecule has 0 aromatic heterocycles. The van der Waals surface area contributed by atoms with Crippen molar-refractivity contribution in [2.45, 2.75) is 19.1 Å². The fourth-order valence-corrected chi connectivity index (χ4v) is 1.90. The molecule has 18 heavy (non-hydrogen) atoms. The molecule has 1 heterocycles. The van der Waals surface area contributed by atoms with Gasteiger partial charge in [0.25, 0.3) is 0 Å². The number of carbonyl (C=O) groups is 1. The summed E-state index contributed by atoms with van der Waals surface area (Å²) < 4.78 is 11.4. The first-order valence-corrected chi connectivity index (χ1v) is 5.97. The van der Waals surface area contributed by atoms with Crippen molar-refractivity contribution < 1.29 is 14.3 Å².